The lowest BCUT2D eigenvalue weighted by Gasteiger charge is -2.28. The van der Waals surface area contributed by atoms with Gasteiger partial charge in [-0.05, 0) is 31.6 Å². The van der Waals surface area contributed by atoms with Crippen LogP contribution in [0.1, 0.15) is 19.8 Å². The first-order valence-electron chi connectivity index (χ1n) is 5.94. The van der Waals surface area contributed by atoms with Crippen molar-refractivity contribution in [3.05, 3.63) is 11.6 Å². The molecule has 0 aliphatic heterocycles. The number of ether oxygens (including phenoxy) is 2. The van der Waals surface area contributed by atoms with Gasteiger partial charge in [-0.3, -0.25) is 9.59 Å². The first-order valence-corrected chi connectivity index (χ1v) is 5.94. The van der Waals surface area contributed by atoms with E-state index in [0.717, 1.165) is 12.8 Å². The van der Waals surface area contributed by atoms with E-state index in [1.54, 1.807) is 0 Å². The fourth-order valence-electron chi connectivity index (χ4n) is 3.46. The normalized spacial score (nSPS) is 37.2. The fraction of sp³-hybridized carbons (Fsp3) is 0.692. The van der Waals surface area contributed by atoms with Crippen LogP contribution in [0.3, 0.4) is 0 Å². The monoisotopic (exact) mass is 238 g/mol. The van der Waals surface area contributed by atoms with Gasteiger partial charge in [-0.2, -0.15) is 0 Å². The molecular weight excluding hydrogens is 220 g/mol. The van der Waals surface area contributed by atoms with Crippen molar-refractivity contribution in [1.29, 1.82) is 0 Å². The number of hydrogen-bond donors (Lipinski definition) is 0. The molecule has 0 amide bonds. The van der Waals surface area contributed by atoms with Crippen LogP contribution < -0.4 is 0 Å². The van der Waals surface area contributed by atoms with Crippen molar-refractivity contribution in [1.82, 2.24) is 0 Å². The molecule has 4 unspecified atom stereocenters. The molecule has 0 radical (unpaired) electrons. The number of methoxy groups -OCH3 is 2. The molecule has 4 heteroatoms. The van der Waals surface area contributed by atoms with E-state index in [-0.39, 0.29) is 35.6 Å². The van der Waals surface area contributed by atoms with Crippen LogP contribution in [0, 0.1) is 23.7 Å². The Hall–Kier alpha value is -1.32. The van der Waals surface area contributed by atoms with E-state index in [4.69, 9.17) is 9.47 Å². The van der Waals surface area contributed by atoms with Gasteiger partial charge in [0, 0.05) is 0 Å². The minimum atomic E-state index is -0.350. The summed E-state index contributed by atoms with van der Waals surface area (Å²) in [6, 6.07) is 0. The molecule has 4 atom stereocenters. The third kappa shape index (κ3) is 1.75. The molecule has 4 nitrogen and oxygen atoms in total. The van der Waals surface area contributed by atoms with Crippen molar-refractivity contribution in [2.24, 2.45) is 23.7 Å². The maximum absolute atomic E-state index is 11.8. The number of carbonyl (C=O) groups is 2. The standard InChI is InChI=1S/C13H18O4/c1-4-7-5-8-6-9(7)11(13(15)17-3)10(8)12(14)16-2/h4,8-11H,5-6H2,1-3H3. The molecule has 2 saturated carbocycles. The van der Waals surface area contributed by atoms with E-state index in [2.05, 4.69) is 6.08 Å². The molecule has 2 aliphatic carbocycles. The highest BCUT2D eigenvalue weighted by atomic mass is 16.5. The molecule has 0 spiro atoms. The van der Waals surface area contributed by atoms with Crippen LogP contribution in [0.4, 0.5) is 0 Å². The molecule has 2 fully saturated rings. The number of rotatable bonds is 2. The maximum atomic E-state index is 11.8. The van der Waals surface area contributed by atoms with E-state index in [1.165, 1.54) is 19.8 Å². The second-order valence-electron chi connectivity index (χ2n) is 4.77. The van der Waals surface area contributed by atoms with Gasteiger partial charge in [0.2, 0.25) is 0 Å². The second kappa shape index (κ2) is 4.51. The SMILES string of the molecule is CC=C1CC2CC1C(C(=O)OC)C2C(=O)OC. The quantitative estimate of drug-likeness (QED) is 0.541. The first kappa shape index (κ1) is 12.1. The topological polar surface area (TPSA) is 52.6 Å². The smallest absolute Gasteiger partial charge is 0.310 e. The van der Waals surface area contributed by atoms with Gasteiger partial charge in [-0.1, -0.05) is 11.6 Å². The lowest BCUT2D eigenvalue weighted by molar-refractivity contribution is -0.159. The summed E-state index contributed by atoms with van der Waals surface area (Å²) in [6.45, 7) is 1.98. The van der Waals surface area contributed by atoms with E-state index >= 15 is 0 Å². The molecule has 2 bridgehead atoms. The zero-order valence-corrected chi connectivity index (χ0v) is 10.4. The highest BCUT2D eigenvalue weighted by Crippen LogP contribution is 2.55. The molecule has 0 saturated heterocycles. The summed E-state index contributed by atoms with van der Waals surface area (Å²) in [4.78, 5) is 23.6. The van der Waals surface area contributed by atoms with Gasteiger partial charge in [0.05, 0.1) is 26.1 Å². The van der Waals surface area contributed by atoms with Crippen LogP contribution in [0.2, 0.25) is 0 Å². The number of hydrogen-bond acceptors (Lipinski definition) is 4. The largest absolute Gasteiger partial charge is 0.469 e. The minimum absolute atomic E-state index is 0.168. The van der Waals surface area contributed by atoms with E-state index < -0.39 is 0 Å². The Bertz CT molecular complexity index is 372. The van der Waals surface area contributed by atoms with E-state index in [1.807, 2.05) is 6.92 Å². The second-order valence-corrected chi connectivity index (χ2v) is 4.77. The van der Waals surface area contributed by atoms with Gasteiger partial charge in [0.1, 0.15) is 0 Å². The molecule has 0 heterocycles. The van der Waals surface area contributed by atoms with Gasteiger partial charge < -0.3 is 9.47 Å². The average molecular weight is 238 g/mol. The Balaban J connectivity index is 2.29. The van der Waals surface area contributed by atoms with Crippen LogP contribution in [-0.2, 0) is 19.1 Å². The molecule has 0 N–H and O–H groups in total. The summed E-state index contributed by atoms with van der Waals surface area (Å²) < 4.78 is 9.64. The summed E-state index contributed by atoms with van der Waals surface area (Å²) in [5, 5.41) is 0. The molecule has 17 heavy (non-hydrogen) atoms. The summed E-state index contributed by atoms with van der Waals surface area (Å²) >= 11 is 0. The third-order valence-corrected chi connectivity index (χ3v) is 4.18. The zero-order valence-electron chi connectivity index (χ0n) is 10.4. The van der Waals surface area contributed by atoms with E-state index in [9.17, 15) is 9.59 Å². The zero-order chi connectivity index (χ0) is 12.6. The number of carbonyl (C=O) groups excluding carboxylic acids is 2. The Labute approximate surface area is 101 Å². The first-order chi connectivity index (χ1) is 8.13. The average Bonchev–Trinajstić information content (AvgIpc) is 2.93. The van der Waals surface area contributed by atoms with Crippen LogP contribution in [0.5, 0.6) is 0 Å². The third-order valence-electron chi connectivity index (χ3n) is 4.18. The molecule has 2 aliphatic rings. The van der Waals surface area contributed by atoms with Crippen molar-refractivity contribution in [2.75, 3.05) is 14.2 Å². The van der Waals surface area contributed by atoms with Gasteiger partial charge in [0.25, 0.3) is 0 Å². The predicted octanol–water partition coefficient (Wildman–Crippen LogP) is 1.55. The molecular formula is C13H18O4. The summed E-state index contributed by atoms with van der Waals surface area (Å²) in [5.41, 5.74) is 1.28. The van der Waals surface area contributed by atoms with Crippen LogP contribution in [0.25, 0.3) is 0 Å². The van der Waals surface area contributed by atoms with Gasteiger partial charge >= 0.3 is 11.9 Å². The van der Waals surface area contributed by atoms with Gasteiger partial charge in [-0.25, -0.2) is 0 Å². The van der Waals surface area contributed by atoms with Crippen molar-refractivity contribution in [3.63, 3.8) is 0 Å². The van der Waals surface area contributed by atoms with Crippen molar-refractivity contribution in [2.45, 2.75) is 19.8 Å². The summed E-state index contributed by atoms with van der Waals surface area (Å²) in [6.07, 6.45) is 3.88. The minimum Gasteiger partial charge on any atom is -0.469 e. The lowest BCUT2D eigenvalue weighted by Crippen LogP contribution is -2.36. The Morgan fingerprint density at radius 3 is 2.29 bits per heavy atom. The van der Waals surface area contributed by atoms with E-state index in [0.29, 0.717) is 0 Å². The summed E-state index contributed by atoms with van der Waals surface area (Å²) in [5.74, 6) is -0.821. The highest BCUT2D eigenvalue weighted by molar-refractivity contribution is 5.84. The molecule has 0 aromatic heterocycles. The lowest BCUT2D eigenvalue weighted by atomic mass is 9.76. The Kier molecular flexibility index (Phi) is 3.22. The number of fused-ring (bicyclic) bond motifs is 2. The number of allylic oxidation sites excluding steroid dienone is 2. The predicted molar refractivity (Wildman–Crippen MR) is 61.0 cm³/mol. The fourth-order valence-corrected chi connectivity index (χ4v) is 3.46. The van der Waals surface area contributed by atoms with Crippen molar-refractivity contribution >= 4 is 11.9 Å². The maximum Gasteiger partial charge on any atom is 0.310 e. The Morgan fingerprint density at radius 2 is 1.76 bits per heavy atom. The van der Waals surface area contributed by atoms with Gasteiger partial charge in [-0.15, -0.1) is 0 Å². The molecule has 0 aromatic carbocycles. The molecule has 94 valence electrons. The van der Waals surface area contributed by atoms with Crippen LogP contribution >= 0.6 is 0 Å². The van der Waals surface area contributed by atoms with Crippen molar-refractivity contribution < 1.29 is 19.1 Å². The Morgan fingerprint density at radius 1 is 1.18 bits per heavy atom. The molecule has 0 aromatic rings. The number of esters is 2. The van der Waals surface area contributed by atoms with Crippen molar-refractivity contribution in [3.8, 4) is 0 Å². The van der Waals surface area contributed by atoms with Crippen LogP contribution in [0.15, 0.2) is 11.6 Å². The summed E-state index contributed by atoms with van der Waals surface area (Å²) in [7, 11) is 2.75. The van der Waals surface area contributed by atoms with Gasteiger partial charge in [0.15, 0.2) is 0 Å². The van der Waals surface area contributed by atoms with Crippen LogP contribution in [-0.4, -0.2) is 26.2 Å². The highest BCUT2D eigenvalue weighted by Gasteiger charge is 2.56. The molecule has 2 rings (SSSR count).